The molecule has 0 aliphatic carbocycles. The number of hydrogen-bond acceptors (Lipinski definition) is 3. The summed E-state index contributed by atoms with van der Waals surface area (Å²) in [6.07, 6.45) is -3.51. The highest BCUT2D eigenvalue weighted by atomic mass is 19.4. The van der Waals surface area contributed by atoms with Crippen molar-refractivity contribution in [3.63, 3.8) is 0 Å². The van der Waals surface area contributed by atoms with Crippen LogP contribution in [0.25, 0.3) is 10.9 Å². The van der Waals surface area contributed by atoms with Crippen molar-refractivity contribution < 1.29 is 31.9 Å². The smallest absolute Gasteiger partial charge is 0.416 e. The van der Waals surface area contributed by atoms with Crippen LogP contribution in [0, 0.1) is 12.7 Å². The summed E-state index contributed by atoms with van der Waals surface area (Å²) >= 11 is 0. The van der Waals surface area contributed by atoms with Gasteiger partial charge in [-0.05, 0) is 49.2 Å². The van der Waals surface area contributed by atoms with Gasteiger partial charge in [0, 0.05) is 22.7 Å². The molecule has 0 fully saturated rings. The van der Waals surface area contributed by atoms with Crippen LogP contribution in [-0.2, 0) is 11.0 Å². The summed E-state index contributed by atoms with van der Waals surface area (Å²) in [5.74, 6) is -2.79. The highest BCUT2D eigenvalue weighted by Crippen LogP contribution is 2.38. The molecule has 2 aromatic carbocycles. The second-order valence-corrected chi connectivity index (χ2v) is 7.46. The molecule has 1 amide bonds. The second kappa shape index (κ2) is 8.64. The lowest BCUT2D eigenvalue weighted by molar-refractivity contribution is -0.137. The molecule has 1 aromatic heterocycles. The van der Waals surface area contributed by atoms with Gasteiger partial charge in [0.15, 0.2) is 11.6 Å². The summed E-state index contributed by atoms with van der Waals surface area (Å²) < 4.78 is 59.4. The van der Waals surface area contributed by atoms with Crippen molar-refractivity contribution in [1.29, 1.82) is 0 Å². The molecule has 0 bridgehead atoms. The first-order valence-corrected chi connectivity index (χ1v) is 9.90. The molecular formula is C23H22F4N2O3. The van der Waals surface area contributed by atoms with Crippen molar-refractivity contribution in [2.24, 2.45) is 5.73 Å². The van der Waals surface area contributed by atoms with Gasteiger partial charge in [0.1, 0.15) is 0 Å². The van der Waals surface area contributed by atoms with Crippen LogP contribution in [0.5, 0.6) is 5.75 Å². The summed E-state index contributed by atoms with van der Waals surface area (Å²) in [4.78, 5) is 25.5. The number of nitrogens with zero attached hydrogens (tertiary/aromatic N) is 1. The van der Waals surface area contributed by atoms with Crippen LogP contribution in [0.1, 0.15) is 52.9 Å². The molecule has 1 heterocycles. The van der Waals surface area contributed by atoms with Gasteiger partial charge in [-0.2, -0.15) is 13.2 Å². The lowest BCUT2D eigenvalue weighted by Crippen LogP contribution is -2.22. The van der Waals surface area contributed by atoms with Crippen LogP contribution >= 0.6 is 0 Å². The molecule has 0 aliphatic heterocycles. The van der Waals surface area contributed by atoms with Gasteiger partial charge >= 0.3 is 6.18 Å². The number of methoxy groups -OCH3 is 1. The third-order valence-corrected chi connectivity index (χ3v) is 5.46. The fourth-order valence-corrected chi connectivity index (χ4v) is 3.95. The second-order valence-electron chi connectivity index (χ2n) is 7.46. The van der Waals surface area contributed by atoms with Crippen molar-refractivity contribution in [2.45, 2.75) is 38.8 Å². The molecule has 1 unspecified atom stereocenters. The minimum atomic E-state index is -4.54. The zero-order valence-electron chi connectivity index (χ0n) is 17.7. The monoisotopic (exact) mass is 450 g/mol. The molecule has 3 rings (SSSR count). The quantitative estimate of drug-likeness (QED) is 0.527. The molecule has 170 valence electrons. The fourth-order valence-electron chi connectivity index (χ4n) is 3.95. The molecule has 3 aromatic rings. The number of halogens is 4. The van der Waals surface area contributed by atoms with E-state index in [9.17, 15) is 27.2 Å². The van der Waals surface area contributed by atoms with E-state index in [0.717, 1.165) is 30.3 Å². The predicted octanol–water partition coefficient (Wildman–Crippen LogP) is 5.17. The molecule has 0 spiro atoms. The van der Waals surface area contributed by atoms with E-state index < -0.39 is 35.3 Å². The van der Waals surface area contributed by atoms with Gasteiger partial charge in [-0.1, -0.05) is 13.3 Å². The zero-order valence-corrected chi connectivity index (χ0v) is 17.7. The summed E-state index contributed by atoms with van der Waals surface area (Å²) in [6.45, 7) is 3.46. The SMILES string of the molecule is CCCC(C(N)=O)c1c(C)n(C(=O)c2ccc(C(F)(F)F)cc2)c2cc(F)c(OC)cc12. The Balaban J connectivity index is 2.26. The van der Waals surface area contributed by atoms with E-state index in [1.807, 2.05) is 6.92 Å². The van der Waals surface area contributed by atoms with E-state index in [0.29, 0.717) is 29.5 Å². The molecule has 32 heavy (non-hydrogen) atoms. The fraction of sp³-hybridized carbons (Fsp3) is 0.304. The Labute approximate surface area is 181 Å². The molecule has 0 aliphatic rings. The van der Waals surface area contributed by atoms with Crippen molar-refractivity contribution >= 4 is 22.7 Å². The molecule has 0 radical (unpaired) electrons. The summed E-state index contributed by atoms with van der Waals surface area (Å²) in [5, 5.41) is 0.415. The maximum absolute atomic E-state index is 14.5. The van der Waals surface area contributed by atoms with E-state index in [2.05, 4.69) is 0 Å². The van der Waals surface area contributed by atoms with E-state index in [1.165, 1.54) is 17.7 Å². The van der Waals surface area contributed by atoms with Crippen molar-refractivity contribution in [3.8, 4) is 5.75 Å². The Hall–Kier alpha value is -3.36. The molecule has 0 saturated carbocycles. The van der Waals surface area contributed by atoms with E-state index in [1.54, 1.807) is 6.92 Å². The van der Waals surface area contributed by atoms with Crippen LogP contribution < -0.4 is 10.5 Å². The van der Waals surface area contributed by atoms with Gasteiger partial charge in [0.2, 0.25) is 5.91 Å². The molecular weight excluding hydrogens is 428 g/mol. The first kappa shape index (κ1) is 23.3. The maximum Gasteiger partial charge on any atom is 0.416 e. The molecule has 2 N–H and O–H groups in total. The van der Waals surface area contributed by atoms with Gasteiger partial charge in [-0.15, -0.1) is 0 Å². The number of carbonyl (C=O) groups excluding carboxylic acids is 2. The minimum Gasteiger partial charge on any atom is -0.494 e. The minimum absolute atomic E-state index is 0.0214. The van der Waals surface area contributed by atoms with Gasteiger partial charge < -0.3 is 10.5 Å². The highest BCUT2D eigenvalue weighted by molar-refractivity contribution is 6.05. The Morgan fingerprint density at radius 3 is 2.28 bits per heavy atom. The third kappa shape index (κ3) is 4.06. The number of aromatic nitrogens is 1. The number of fused-ring (bicyclic) bond motifs is 1. The van der Waals surface area contributed by atoms with Crippen LogP contribution in [0.2, 0.25) is 0 Å². The number of rotatable bonds is 6. The van der Waals surface area contributed by atoms with E-state index in [-0.39, 0.29) is 16.8 Å². The van der Waals surface area contributed by atoms with Crippen LogP contribution in [0.3, 0.4) is 0 Å². The third-order valence-electron chi connectivity index (χ3n) is 5.46. The predicted molar refractivity (Wildman–Crippen MR) is 111 cm³/mol. The summed E-state index contributed by atoms with van der Waals surface area (Å²) in [6, 6.07) is 6.25. The largest absolute Gasteiger partial charge is 0.494 e. The average Bonchev–Trinajstić information content (AvgIpc) is 3.00. The number of hydrogen-bond donors (Lipinski definition) is 1. The number of benzene rings is 2. The van der Waals surface area contributed by atoms with Gasteiger partial charge in [-0.25, -0.2) is 4.39 Å². The van der Waals surface area contributed by atoms with Gasteiger partial charge in [-0.3, -0.25) is 14.2 Å². The van der Waals surface area contributed by atoms with Crippen LogP contribution in [-0.4, -0.2) is 23.5 Å². The lowest BCUT2D eigenvalue weighted by Gasteiger charge is -2.14. The van der Waals surface area contributed by atoms with E-state index >= 15 is 0 Å². The number of amides is 1. The maximum atomic E-state index is 14.5. The zero-order chi connectivity index (χ0) is 23.8. The van der Waals surface area contributed by atoms with Crippen LogP contribution in [0.15, 0.2) is 36.4 Å². The molecule has 9 heteroatoms. The Morgan fingerprint density at radius 1 is 1.16 bits per heavy atom. The Morgan fingerprint density at radius 2 is 1.78 bits per heavy atom. The highest BCUT2D eigenvalue weighted by Gasteiger charge is 2.31. The number of carbonyl (C=O) groups is 2. The summed E-state index contributed by atoms with van der Waals surface area (Å²) in [5.41, 5.74) is 5.70. The topological polar surface area (TPSA) is 74.3 Å². The number of alkyl halides is 3. The molecule has 5 nitrogen and oxygen atoms in total. The van der Waals surface area contributed by atoms with Gasteiger partial charge in [0.25, 0.3) is 5.91 Å². The van der Waals surface area contributed by atoms with E-state index in [4.69, 9.17) is 10.5 Å². The van der Waals surface area contributed by atoms with Crippen LogP contribution in [0.4, 0.5) is 17.6 Å². The lowest BCUT2D eigenvalue weighted by atomic mass is 9.91. The first-order valence-electron chi connectivity index (χ1n) is 9.90. The normalized spacial score (nSPS) is 12.7. The Kier molecular flexibility index (Phi) is 6.29. The number of primary amides is 1. The van der Waals surface area contributed by atoms with Crippen molar-refractivity contribution in [3.05, 3.63) is 64.6 Å². The molecule has 1 atom stereocenters. The molecule has 0 saturated heterocycles. The van der Waals surface area contributed by atoms with Gasteiger partial charge in [0.05, 0.1) is 24.1 Å². The van der Waals surface area contributed by atoms with Crippen molar-refractivity contribution in [1.82, 2.24) is 4.57 Å². The average molecular weight is 450 g/mol. The summed E-state index contributed by atoms with van der Waals surface area (Å²) in [7, 11) is 1.29. The number of ether oxygens (including phenoxy) is 1. The van der Waals surface area contributed by atoms with Crippen molar-refractivity contribution in [2.75, 3.05) is 7.11 Å². The Bertz CT molecular complexity index is 1180. The standard InChI is InChI=1S/C23H22F4N2O3/c1-4-5-15(21(28)30)20-12(2)29(18-11-17(24)19(32-3)10-16(18)20)22(31)13-6-8-14(9-7-13)23(25,26)27/h6-11,15H,4-5H2,1-3H3,(H2,28,30). The first-order chi connectivity index (χ1) is 15.0. The number of nitrogens with two attached hydrogens (primary N) is 1.